The van der Waals surface area contributed by atoms with E-state index in [1.165, 1.54) is 10.8 Å². The van der Waals surface area contributed by atoms with Gasteiger partial charge in [0.2, 0.25) is 0 Å². The highest BCUT2D eigenvalue weighted by molar-refractivity contribution is 9.25. The lowest BCUT2D eigenvalue weighted by atomic mass is 10.1. The molecule has 1 aliphatic carbocycles. The van der Waals surface area contributed by atoms with Crippen LogP contribution in [0.25, 0.3) is 5.69 Å². The molecule has 0 aliphatic heterocycles. The van der Waals surface area contributed by atoms with Crippen molar-refractivity contribution in [1.82, 2.24) is 4.57 Å². The van der Waals surface area contributed by atoms with Gasteiger partial charge in [-0.25, -0.2) is 0 Å². The molecule has 1 fully saturated rings. The van der Waals surface area contributed by atoms with Gasteiger partial charge in [-0.1, -0.05) is 55.1 Å². The van der Waals surface area contributed by atoms with E-state index < -0.39 is 11.7 Å². The van der Waals surface area contributed by atoms with Gasteiger partial charge in [-0.15, -0.1) is 0 Å². The first-order valence-electron chi connectivity index (χ1n) is 6.61. The molecule has 3 rings (SSSR count). The van der Waals surface area contributed by atoms with E-state index in [-0.39, 0.29) is 24.9 Å². The number of halogens is 7. The summed E-state index contributed by atoms with van der Waals surface area (Å²) in [6.07, 6.45) is -0.552. The second-order valence-corrected chi connectivity index (χ2v) is 10.2. The predicted octanol–water partition coefficient (Wildman–Crippen LogP) is 6.65. The number of hydrogen-bond acceptors (Lipinski definition) is 1. The maximum Gasteiger partial charge on any atom is 0.416 e. The highest BCUT2D eigenvalue weighted by Gasteiger charge is 2.52. The minimum absolute atomic E-state index is 0.0837. The molecule has 1 unspecified atom stereocenters. The minimum Gasteiger partial charge on any atom is -0.320 e. The molecule has 0 spiro atoms. The van der Waals surface area contributed by atoms with Gasteiger partial charge in [0.05, 0.1) is 30.1 Å². The fourth-order valence-electron chi connectivity index (χ4n) is 2.50. The third-order valence-corrected chi connectivity index (χ3v) is 6.11. The number of alkyl halides is 5. The Kier molecular flexibility index (Phi) is 4.49. The van der Waals surface area contributed by atoms with Crippen molar-refractivity contribution in [2.24, 2.45) is 0 Å². The maximum atomic E-state index is 12.8. The Morgan fingerprint density at radius 1 is 1.21 bits per heavy atom. The van der Waals surface area contributed by atoms with Crippen molar-refractivity contribution in [2.45, 2.75) is 21.7 Å². The summed E-state index contributed by atoms with van der Waals surface area (Å²) in [5, 5.41) is 9.03. The van der Waals surface area contributed by atoms with E-state index in [0.717, 1.165) is 24.1 Å². The fraction of sp³-hybridized carbons (Fsp3) is 0.267. The van der Waals surface area contributed by atoms with E-state index in [0.29, 0.717) is 5.56 Å². The van der Waals surface area contributed by atoms with E-state index >= 15 is 0 Å². The zero-order chi connectivity index (χ0) is 17.9. The molecule has 0 N–H and O–H groups in total. The lowest BCUT2D eigenvalue weighted by molar-refractivity contribution is -0.137. The van der Waals surface area contributed by atoms with Gasteiger partial charge in [-0.3, -0.25) is 0 Å². The quantitative estimate of drug-likeness (QED) is 0.423. The summed E-state index contributed by atoms with van der Waals surface area (Å²) in [4.78, 5) is 0. The van der Waals surface area contributed by atoms with Gasteiger partial charge in [0.15, 0.2) is 0 Å². The van der Waals surface area contributed by atoms with Crippen LogP contribution in [0, 0.1) is 11.3 Å². The number of aromatic nitrogens is 1. The van der Waals surface area contributed by atoms with Crippen LogP contribution in [0.2, 0.25) is 10.0 Å². The topological polar surface area (TPSA) is 28.7 Å². The number of rotatable bonds is 2. The number of benzene rings is 1. The first-order valence-corrected chi connectivity index (χ1v) is 8.95. The summed E-state index contributed by atoms with van der Waals surface area (Å²) in [7, 11) is 0. The zero-order valence-electron chi connectivity index (χ0n) is 11.6. The smallest absolute Gasteiger partial charge is 0.320 e. The molecule has 1 saturated carbocycles. The van der Waals surface area contributed by atoms with E-state index in [4.69, 9.17) is 23.2 Å². The Bertz CT molecular complexity index is 846. The third-order valence-electron chi connectivity index (χ3n) is 3.78. The molecule has 2 nitrogen and oxygen atoms in total. The molecule has 1 heterocycles. The van der Waals surface area contributed by atoms with Crippen LogP contribution in [-0.4, -0.2) is 7.80 Å². The summed E-state index contributed by atoms with van der Waals surface area (Å²) in [6.45, 7) is 0. The first kappa shape index (κ1) is 18.1. The third kappa shape index (κ3) is 3.22. The zero-order valence-corrected chi connectivity index (χ0v) is 16.3. The average molecular weight is 503 g/mol. The van der Waals surface area contributed by atoms with Crippen molar-refractivity contribution in [3.8, 4) is 11.8 Å². The maximum absolute atomic E-state index is 12.8. The molecule has 126 valence electrons. The molecular formula is C15H7Br2Cl2F3N2. The summed E-state index contributed by atoms with van der Waals surface area (Å²) >= 11 is 19.0. The standard InChI is InChI=1S/C15H7Br2Cl2F3N2/c16-14(17)3-10(14)9-6-24(5-7(9)4-23)13-11(18)1-8(2-12(13)19)15(20,21)22/h1-2,5-6,10H,3H2. The van der Waals surface area contributed by atoms with E-state index in [1.54, 1.807) is 6.20 Å². The molecular weight excluding hydrogens is 496 g/mol. The van der Waals surface area contributed by atoms with Gasteiger partial charge in [0.25, 0.3) is 0 Å². The van der Waals surface area contributed by atoms with Crippen molar-refractivity contribution < 1.29 is 13.2 Å². The van der Waals surface area contributed by atoms with Crippen LogP contribution in [0.15, 0.2) is 24.5 Å². The molecule has 1 aromatic heterocycles. The molecule has 2 aromatic rings. The first-order chi connectivity index (χ1) is 11.0. The van der Waals surface area contributed by atoms with Crippen LogP contribution in [-0.2, 0) is 6.18 Å². The summed E-state index contributed by atoms with van der Waals surface area (Å²) in [6, 6.07) is 3.74. The molecule has 24 heavy (non-hydrogen) atoms. The largest absolute Gasteiger partial charge is 0.416 e. The van der Waals surface area contributed by atoms with Gasteiger partial charge < -0.3 is 4.57 Å². The Hall–Kier alpha value is -0.680. The molecule has 1 aliphatic rings. The number of hydrogen-bond donors (Lipinski definition) is 0. The minimum atomic E-state index is -4.54. The van der Waals surface area contributed by atoms with E-state index in [2.05, 4.69) is 37.9 Å². The summed E-state index contributed by atoms with van der Waals surface area (Å²) < 4.78 is 39.7. The van der Waals surface area contributed by atoms with Gasteiger partial charge in [-0.05, 0) is 24.1 Å². The Balaban J connectivity index is 2.09. The molecule has 9 heteroatoms. The van der Waals surface area contributed by atoms with Gasteiger partial charge in [0, 0.05) is 18.3 Å². The SMILES string of the molecule is N#Cc1cn(-c2c(Cl)cc(C(F)(F)F)cc2Cl)cc1C1CC1(Br)Br. The molecule has 1 atom stereocenters. The van der Waals surface area contributed by atoms with E-state index in [9.17, 15) is 18.4 Å². The molecule has 1 aromatic carbocycles. The lowest BCUT2D eigenvalue weighted by Crippen LogP contribution is -2.06. The molecule has 0 saturated heterocycles. The lowest BCUT2D eigenvalue weighted by Gasteiger charge is -2.13. The van der Waals surface area contributed by atoms with Crippen molar-refractivity contribution in [3.05, 3.63) is 51.3 Å². The van der Waals surface area contributed by atoms with Crippen LogP contribution in [0.1, 0.15) is 29.0 Å². The van der Waals surface area contributed by atoms with Crippen molar-refractivity contribution in [3.63, 3.8) is 0 Å². The van der Waals surface area contributed by atoms with Crippen LogP contribution in [0.4, 0.5) is 13.2 Å². The van der Waals surface area contributed by atoms with Crippen molar-refractivity contribution in [2.75, 3.05) is 0 Å². The van der Waals surface area contributed by atoms with Gasteiger partial charge in [-0.2, -0.15) is 18.4 Å². The Labute approximate surface area is 162 Å². The normalized spacial score (nSPS) is 19.2. The average Bonchev–Trinajstić information content (AvgIpc) is 2.91. The summed E-state index contributed by atoms with van der Waals surface area (Å²) in [5.41, 5.74) is 0.492. The monoisotopic (exact) mass is 500 g/mol. The molecule has 0 bridgehead atoms. The fourth-order valence-corrected chi connectivity index (χ4v) is 4.32. The highest BCUT2D eigenvalue weighted by atomic mass is 79.9. The molecule has 0 amide bonds. The van der Waals surface area contributed by atoms with Crippen LogP contribution in [0.5, 0.6) is 0 Å². The van der Waals surface area contributed by atoms with Crippen molar-refractivity contribution in [1.29, 1.82) is 5.26 Å². The number of nitriles is 1. The van der Waals surface area contributed by atoms with E-state index in [1.807, 2.05) is 0 Å². The van der Waals surface area contributed by atoms with Crippen LogP contribution in [0.3, 0.4) is 0 Å². The Morgan fingerprint density at radius 3 is 2.17 bits per heavy atom. The summed E-state index contributed by atoms with van der Waals surface area (Å²) in [5.74, 6) is 0.0837. The second kappa shape index (κ2) is 5.94. The van der Waals surface area contributed by atoms with Crippen LogP contribution < -0.4 is 0 Å². The van der Waals surface area contributed by atoms with Crippen LogP contribution >= 0.6 is 55.1 Å². The predicted molar refractivity (Wildman–Crippen MR) is 93.4 cm³/mol. The van der Waals surface area contributed by atoms with Gasteiger partial charge >= 0.3 is 6.18 Å². The van der Waals surface area contributed by atoms with Gasteiger partial charge in [0.1, 0.15) is 6.07 Å². The van der Waals surface area contributed by atoms with Crippen molar-refractivity contribution >= 4 is 55.1 Å². The molecule has 0 radical (unpaired) electrons. The number of nitrogens with zero attached hydrogens (tertiary/aromatic N) is 2. The Morgan fingerprint density at radius 2 is 1.75 bits per heavy atom. The highest BCUT2D eigenvalue weighted by Crippen LogP contribution is 2.62. The second-order valence-electron chi connectivity index (χ2n) is 5.45.